The minimum atomic E-state index is -0.421. The fraction of sp³-hybridized carbons (Fsp3) is 0.0625. The maximum absolute atomic E-state index is 13.7. The van der Waals surface area contributed by atoms with Crippen LogP contribution in [-0.4, -0.2) is 12.1 Å². The second-order valence-electron chi connectivity index (χ2n) is 4.58. The van der Waals surface area contributed by atoms with Gasteiger partial charge < -0.3 is 15.8 Å². The lowest BCUT2D eigenvalue weighted by atomic mass is 10.1. The summed E-state index contributed by atoms with van der Waals surface area (Å²) < 4.78 is 18.6. The number of methoxy groups -OCH3 is 1. The molecule has 3 aromatic rings. The van der Waals surface area contributed by atoms with Crippen LogP contribution in [0.1, 0.15) is 0 Å². The molecule has 0 atom stereocenters. The Bertz CT molecular complexity index is 805. The smallest absolute Gasteiger partial charge is 0.167 e. The minimum absolute atomic E-state index is 0.209. The van der Waals surface area contributed by atoms with E-state index in [0.29, 0.717) is 11.4 Å². The third-order valence-electron chi connectivity index (χ3n) is 3.23. The van der Waals surface area contributed by atoms with Gasteiger partial charge in [-0.2, -0.15) is 0 Å². The van der Waals surface area contributed by atoms with E-state index in [1.807, 2.05) is 18.2 Å². The summed E-state index contributed by atoms with van der Waals surface area (Å²) in [6, 6.07) is 12.0. The van der Waals surface area contributed by atoms with Gasteiger partial charge in [0.2, 0.25) is 0 Å². The van der Waals surface area contributed by atoms with Crippen LogP contribution in [0.25, 0.3) is 10.9 Å². The molecule has 0 bridgehead atoms. The minimum Gasteiger partial charge on any atom is -0.494 e. The number of aromatic nitrogens is 1. The zero-order valence-electron chi connectivity index (χ0n) is 11.4. The number of pyridine rings is 1. The number of nitrogens with one attached hydrogen (secondary N) is 1. The molecule has 1 heterocycles. The predicted octanol–water partition coefficient (Wildman–Crippen LogP) is 3.71. The average Bonchev–Trinajstić information content (AvgIpc) is 2.51. The van der Waals surface area contributed by atoms with Gasteiger partial charge in [-0.15, -0.1) is 0 Å². The highest BCUT2D eigenvalue weighted by molar-refractivity contribution is 5.99. The largest absolute Gasteiger partial charge is 0.494 e. The summed E-state index contributed by atoms with van der Waals surface area (Å²) in [5.74, 6) is -0.212. The molecular formula is C16H14FN3O. The Morgan fingerprint density at radius 3 is 2.81 bits per heavy atom. The van der Waals surface area contributed by atoms with E-state index in [-0.39, 0.29) is 5.75 Å². The lowest BCUT2D eigenvalue weighted by molar-refractivity contribution is 0.386. The van der Waals surface area contributed by atoms with Gasteiger partial charge in [-0.1, -0.05) is 0 Å². The van der Waals surface area contributed by atoms with Gasteiger partial charge in [0.1, 0.15) is 0 Å². The Hall–Kier alpha value is -2.82. The zero-order valence-corrected chi connectivity index (χ0v) is 11.4. The first-order valence-corrected chi connectivity index (χ1v) is 6.43. The highest BCUT2D eigenvalue weighted by Gasteiger charge is 2.07. The van der Waals surface area contributed by atoms with Crippen LogP contribution in [0.3, 0.4) is 0 Å². The molecular weight excluding hydrogens is 269 g/mol. The first-order valence-electron chi connectivity index (χ1n) is 6.43. The van der Waals surface area contributed by atoms with Gasteiger partial charge in [-0.3, -0.25) is 4.98 Å². The molecule has 5 heteroatoms. The van der Waals surface area contributed by atoms with Gasteiger partial charge in [-0.25, -0.2) is 4.39 Å². The van der Waals surface area contributed by atoms with Gasteiger partial charge in [0.05, 0.1) is 18.3 Å². The van der Waals surface area contributed by atoms with Crippen molar-refractivity contribution in [1.82, 2.24) is 4.98 Å². The number of ether oxygens (including phenoxy) is 1. The molecule has 0 fully saturated rings. The van der Waals surface area contributed by atoms with Crippen molar-refractivity contribution in [3.05, 3.63) is 54.5 Å². The summed E-state index contributed by atoms with van der Waals surface area (Å²) in [6.45, 7) is 0. The number of fused-ring (bicyclic) bond motifs is 1. The van der Waals surface area contributed by atoms with E-state index in [1.54, 1.807) is 24.4 Å². The zero-order chi connectivity index (χ0) is 14.8. The number of halogens is 1. The molecule has 1 aromatic heterocycles. The van der Waals surface area contributed by atoms with E-state index < -0.39 is 5.82 Å². The molecule has 0 radical (unpaired) electrons. The van der Waals surface area contributed by atoms with Crippen LogP contribution in [-0.2, 0) is 0 Å². The van der Waals surface area contributed by atoms with Crippen molar-refractivity contribution in [1.29, 1.82) is 0 Å². The van der Waals surface area contributed by atoms with E-state index in [1.165, 1.54) is 13.2 Å². The van der Waals surface area contributed by atoms with Gasteiger partial charge >= 0.3 is 0 Å². The number of nitrogen functional groups attached to an aromatic ring is 1. The monoisotopic (exact) mass is 283 g/mol. The number of nitrogens with zero attached hydrogens (tertiary/aromatic N) is 1. The lowest BCUT2D eigenvalue weighted by Crippen LogP contribution is -1.97. The number of nitrogens with two attached hydrogens (primary N) is 1. The maximum atomic E-state index is 13.7. The highest BCUT2D eigenvalue weighted by Crippen LogP contribution is 2.30. The third-order valence-corrected chi connectivity index (χ3v) is 3.23. The number of hydrogen-bond donors (Lipinski definition) is 2. The van der Waals surface area contributed by atoms with Crippen molar-refractivity contribution in [2.24, 2.45) is 0 Å². The summed E-state index contributed by atoms with van der Waals surface area (Å²) in [6.07, 6.45) is 1.70. The molecule has 0 saturated carbocycles. The van der Waals surface area contributed by atoms with E-state index in [2.05, 4.69) is 10.3 Å². The van der Waals surface area contributed by atoms with E-state index in [9.17, 15) is 4.39 Å². The fourth-order valence-corrected chi connectivity index (χ4v) is 2.20. The summed E-state index contributed by atoms with van der Waals surface area (Å²) >= 11 is 0. The molecule has 0 unspecified atom stereocenters. The SMILES string of the molecule is COc1ccc(Nc2ccc(N)c3cccnc23)cc1F. The van der Waals surface area contributed by atoms with E-state index in [0.717, 1.165) is 16.6 Å². The number of rotatable bonds is 3. The number of hydrogen-bond acceptors (Lipinski definition) is 4. The third kappa shape index (κ3) is 2.45. The molecule has 0 amide bonds. The maximum Gasteiger partial charge on any atom is 0.167 e. The van der Waals surface area contributed by atoms with Gasteiger partial charge in [-0.05, 0) is 36.4 Å². The van der Waals surface area contributed by atoms with Crippen molar-refractivity contribution >= 4 is 28.0 Å². The van der Waals surface area contributed by atoms with Crippen molar-refractivity contribution < 1.29 is 9.13 Å². The Balaban J connectivity index is 2.02. The Morgan fingerprint density at radius 1 is 1.19 bits per heavy atom. The molecule has 3 rings (SSSR count). The van der Waals surface area contributed by atoms with Gasteiger partial charge in [0.25, 0.3) is 0 Å². The van der Waals surface area contributed by atoms with E-state index >= 15 is 0 Å². The molecule has 3 N–H and O–H groups in total. The normalized spacial score (nSPS) is 10.6. The lowest BCUT2D eigenvalue weighted by Gasteiger charge is -2.11. The number of benzene rings is 2. The molecule has 0 saturated heterocycles. The standard InChI is InChI=1S/C16H14FN3O/c1-21-15-7-4-10(9-12(15)17)20-14-6-5-13(18)11-3-2-8-19-16(11)14/h2-9,20H,18H2,1H3. The fourth-order valence-electron chi connectivity index (χ4n) is 2.20. The van der Waals surface area contributed by atoms with Crippen LogP contribution in [0.2, 0.25) is 0 Å². The van der Waals surface area contributed by atoms with Crippen molar-refractivity contribution in [3.8, 4) is 5.75 Å². The van der Waals surface area contributed by atoms with Crippen LogP contribution < -0.4 is 15.8 Å². The Kier molecular flexibility index (Phi) is 3.31. The summed E-state index contributed by atoms with van der Waals surface area (Å²) in [7, 11) is 1.43. The molecule has 0 spiro atoms. The number of anilines is 3. The van der Waals surface area contributed by atoms with Crippen molar-refractivity contribution in [2.75, 3.05) is 18.2 Å². The first-order chi connectivity index (χ1) is 10.2. The van der Waals surface area contributed by atoms with Crippen LogP contribution >= 0.6 is 0 Å². The quantitative estimate of drug-likeness (QED) is 0.719. The molecule has 0 aliphatic rings. The van der Waals surface area contributed by atoms with E-state index in [4.69, 9.17) is 10.5 Å². The van der Waals surface area contributed by atoms with Crippen molar-refractivity contribution in [2.45, 2.75) is 0 Å². The molecule has 106 valence electrons. The Labute approximate surface area is 121 Å². The molecule has 0 aliphatic carbocycles. The molecule has 4 nitrogen and oxygen atoms in total. The van der Waals surface area contributed by atoms with Gasteiger partial charge in [0.15, 0.2) is 11.6 Å². The first kappa shape index (κ1) is 13.2. The van der Waals surface area contributed by atoms with Crippen molar-refractivity contribution in [3.63, 3.8) is 0 Å². The molecule has 0 aliphatic heterocycles. The van der Waals surface area contributed by atoms with Crippen LogP contribution in [0.15, 0.2) is 48.7 Å². The summed E-state index contributed by atoms with van der Waals surface area (Å²) in [4.78, 5) is 4.33. The topological polar surface area (TPSA) is 60.2 Å². The average molecular weight is 283 g/mol. The molecule has 21 heavy (non-hydrogen) atoms. The Morgan fingerprint density at radius 2 is 2.05 bits per heavy atom. The van der Waals surface area contributed by atoms with Crippen LogP contribution in [0.4, 0.5) is 21.5 Å². The predicted molar refractivity (Wildman–Crippen MR) is 82.4 cm³/mol. The van der Waals surface area contributed by atoms with Crippen LogP contribution in [0, 0.1) is 5.82 Å². The summed E-state index contributed by atoms with van der Waals surface area (Å²) in [5.41, 5.74) is 8.72. The second-order valence-corrected chi connectivity index (χ2v) is 4.58. The summed E-state index contributed by atoms with van der Waals surface area (Å²) in [5, 5.41) is 4.01. The van der Waals surface area contributed by atoms with Crippen LogP contribution in [0.5, 0.6) is 5.75 Å². The second kappa shape index (κ2) is 5.28. The molecule has 2 aromatic carbocycles. The highest BCUT2D eigenvalue weighted by atomic mass is 19.1. The van der Waals surface area contributed by atoms with Gasteiger partial charge in [0, 0.05) is 29.0 Å².